The van der Waals surface area contributed by atoms with Crippen molar-refractivity contribution in [2.45, 2.75) is 12.6 Å². The molecule has 0 bridgehead atoms. The molecule has 144 valence electrons. The fourth-order valence-corrected chi connectivity index (χ4v) is 3.23. The molecule has 0 N–H and O–H groups in total. The van der Waals surface area contributed by atoms with Crippen LogP contribution in [0.3, 0.4) is 0 Å². The first-order valence-electron chi connectivity index (χ1n) is 8.70. The Morgan fingerprint density at radius 1 is 1.04 bits per heavy atom. The third-order valence-corrected chi connectivity index (χ3v) is 4.67. The molecule has 4 nitrogen and oxygen atoms in total. The minimum atomic E-state index is -4.40. The topological polar surface area (TPSA) is 32.8 Å². The smallest absolute Gasteiger partial charge is 0.416 e. The number of anilines is 1. The number of methoxy groups -OCH3 is 1. The van der Waals surface area contributed by atoms with Crippen molar-refractivity contribution in [2.24, 2.45) is 0 Å². The maximum Gasteiger partial charge on any atom is 0.416 e. The second kappa shape index (κ2) is 7.90. The number of hydrogen-bond donors (Lipinski definition) is 0. The molecule has 1 heterocycles. The lowest BCUT2D eigenvalue weighted by Gasteiger charge is -2.36. The van der Waals surface area contributed by atoms with Crippen LogP contribution in [0.15, 0.2) is 48.5 Å². The highest BCUT2D eigenvalue weighted by Gasteiger charge is 2.30. The zero-order valence-corrected chi connectivity index (χ0v) is 15.0. The van der Waals surface area contributed by atoms with E-state index in [2.05, 4.69) is 4.90 Å². The first-order valence-corrected chi connectivity index (χ1v) is 8.70. The van der Waals surface area contributed by atoms with Crippen molar-refractivity contribution < 1.29 is 22.7 Å². The van der Waals surface area contributed by atoms with Crippen LogP contribution in [0.4, 0.5) is 18.9 Å². The fraction of sp³-hybridized carbons (Fsp3) is 0.350. The van der Waals surface area contributed by atoms with E-state index in [0.29, 0.717) is 31.7 Å². The summed E-state index contributed by atoms with van der Waals surface area (Å²) in [7, 11) is 1.62. The Bertz CT molecular complexity index is 800. The molecule has 1 fully saturated rings. The number of nitrogens with zero attached hydrogens (tertiary/aromatic N) is 2. The van der Waals surface area contributed by atoms with E-state index >= 15 is 0 Å². The standard InChI is InChI=1S/C20H21F3N2O2/c1-27-18-8-3-2-7-17(18)24-9-11-25(12-10-24)19(26)14-15-5-4-6-16(13-15)20(21,22)23/h2-8,13H,9-12,14H2,1H3. The first kappa shape index (κ1) is 19.1. The summed E-state index contributed by atoms with van der Waals surface area (Å²) < 4.78 is 43.8. The average Bonchev–Trinajstić information content (AvgIpc) is 2.67. The molecule has 0 spiro atoms. The monoisotopic (exact) mass is 378 g/mol. The van der Waals surface area contributed by atoms with Gasteiger partial charge in [-0.3, -0.25) is 4.79 Å². The quantitative estimate of drug-likeness (QED) is 0.815. The van der Waals surface area contributed by atoms with Crippen LogP contribution >= 0.6 is 0 Å². The molecule has 1 amide bonds. The number of ether oxygens (including phenoxy) is 1. The van der Waals surface area contributed by atoms with E-state index in [0.717, 1.165) is 23.6 Å². The summed E-state index contributed by atoms with van der Waals surface area (Å²) in [6.45, 7) is 2.34. The van der Waals surface area contributed by atoms with Crippen LogP contribution in [-0.4, -0.2) is 44.1 Å². The van der Waals surface area contributed by atoms with Gasteiger partial charge in [0.05, 0.1) is 24.8 Å². The highest BCUT2D eigenvalue weighted by atomic mass is 19.4. The van der Waals surface area contributed by atoms with Gasteiger partial charge in [0.2, 0.25) is 5.91 Å². The summed E-state index contributed by atoms with van der Waals surface area (Å²) in [5, 5.41) is 0. The Labute approximate surface area is 156 Å². The number of carbonyl (C=O) groups is 1. The summed E-state index contributed by atoms with van der Waals surface area (Å²) in [5.41, 5.74) is 0.626. The van der Waals surface area contributed by atoms with Gasteiger partial charge in [0.1, 0.15) is 5.75 Å². The van der Waals surface area contributed by atoms with Gasteiger partial charge >= 0.3 is 6.18 Å². The number of piperazine rings is 1. The van der Waals surface area contributed by atoms with Crippen molar-refractivity contribution in [1.29, 1.82) is 0 Å². The summed E-state index contributed by atoms with van der Waals surface area (Å²) in [6.07, 6.45) is -4.43. The van der Waals surface area contributed by atoms with Gasteiger partial charge in [-0.1, -0.05) is 30.3 Å². The van der Waals surface area contributed by atoms with Crippen molar-refractivity contribution in [3.8, 4) is 5.75 Å². The van der Waals surface area contributed by atoms with E-state index in [9.17, 15) is 18.0 Å². The highest BCUT2D eigenvalue weighted by Crippen LogP contribution is 2.30. The molecule has 2 aromatic carbocycles. The molecular weight excluding hydrogens is 357 g/mol. The van der Waals surface area contributed by atoms with Crippen LogP contribution in [0.5, 0.6) is 5.75 Å². The van der Waals surface area contributed by atoms with Gasteiger partial charge in [-0.2, -0.15) is 13.2 Å². The molecule has 0 radical (unpaired) electrons. The zero-order chi connectivity index (χ0) is 19.4. The van der Waals surface area contributed by atoms with Gasteiger partial charge in [0.25, 0.3) is 0 Å². The van der Waals surface area contributed by atoms with E-state index in [1.807, 2.05) is 24.3 Å². The Hall–Kier alpha value is -2.70. The van der Waals surface area contributed by atoms with Gasteiger partial charge in [0, 0.05) is 26.2 Å². The molecule has 2 aromatic rings. The van der Waals surface area contributed by atoms with Crippen molar-refractivity contribution in [3.05, 3.63) is 59.7 Å². The maximum atomic E-state index is 12.8. The normalized spacial score (nSPS) is 15.0. The first-order chi connectivity index (χ1) is 12.9. The molecule has 3 rings (SSSR count). The Morgan fingerprint density at radius 3 is 2.41 bits per heavy atom. The van der Waals surface area contributed by atoms with Crippen LogP contribution in [-0.2, 0) is 17.4 Å². The predicted molar refractivity (Wildman–Crippen MR) is 96.9 cm³/mol. The lowest BCUT2D eigenvalue weighted by atomic mass is 10.1. The maximum absolute atomic E-state index is 12.8. The molecule has 1 aliphatic rings. The SMILES string of the molecule is COc1ccccc1N1CCN(C(=O)Cc2cccc(C(F)(F)F)c2)CC1. The van der Waals surface area contributed by atoms with Crippen molar-refractivity contribution >= 4 is 11.6 Å². The third kappa shape index (κ3) is 4.53. The Balaban J connectivity index is 1.61. The number of rotatable bonds is 4. The van der Waals surface area contributed by atoms with Gasteiger partial charge in [0.15, 0.2) is 0 Å². The fourth-order valence-electron chi connectivity index (χ4n) is 3.23. The van der Waals surface area contributed by atoms with Gasteiger partial charge in [-0.15, -0.1) is 0 Å². The van der Waals surface area contributed by atoms with E-state index in [-0.39, 0.29) is 12.3 Å². The highest BCUT2D eigenvalue weighted by molar-refractivity contribution is 5.79. The predicted octanol–water partition coefficient (Wildman–Crippen LogP) is 3.61. The van der Waals surface area contributed by atoms with Crippen LogP contribution < -0.4 is 9.64 Å². The molecule has 7 heteroatoms. The second-order valence-corrected chi connectivity index (χ2v) is 6.41. The Kier molecular flexibility index (Phi) is 5.58. The molecule has 0 atom stereocenters. The van der Waals surface area contributed by atoms with Crippen LogP contribution in [0.25, 0.3) is 0 Å². The molecule has 0 unspecified atom stereocenters. The van der Waals surface area contributed by atoms with E-state index in [4.69, 9.17) is 4.74 Å². The van der Waals surface area contributed by atoms with E-state index in [1.54, 1.807) is 18.1 Å². The second-order valence-electron chi connectivity index (χ2n) is 6.41. The summed E-state index contributed by atoms with van der Waals surface area (Å²) >= 11 is 0. The lowest BCUT2D eigenvalue weighted by molar-refractivity contribution is -0.138. The minimum absolute atomic E-state index is 0.0292. The molecular formula is C20H21F3N2O2. The van der Waals surface area contributed by atoms with Gasteiger partial charge in [-0.05, 0) is 23.8 Å². The third-order valence-electron chi connectivity index (χ3n) is 4.67. The average molecular weight is 378 g/mol. The lowest BCUT2D eigenvalue weighted by Crippen LogP contribution is -2.49. The van der Waals surface area contributed by atoms with E-state index in [1.165, 1.54) is 6.07 Å². The molecule has 0 saturated carbocycles. The van der Waals surface area contributed by atoms with Crippen molar-refractivity contribution in [2.75, 3.05) is 38.2 Å². The van der Waals surface area contributed by atoms with Crippen LogP contribution in [0, 0.1) is 0 Å². The summed E-state index contributed by atoms with van der Waals surface area (Å²) in [4.78, 5) is 16.3. The number of alkyl halides is 3. The molecule has 0 aliphatic carbocycles. The van der Waals surface area contributed by atoms with Gasteiger partial charge in [-0.25, -0.2) is 0 Å². The van der Waals surface area contributed by atoms with Crippen LogP contribution in [0.2, 0.25) is 0 Å². The number of carbonyl (C=O) groups excluding carboxylic acids is 1. The van der Waals surface area contributed by atoms with Gasteiger partial charge < -0.3 is 14.5 Å². The molecule has 1 aliphatic heterocycles. The van der Waals surface area contributed by atoms with Crippen LogP contribution in [0.1, 0.15) is 11.1 Å². The van der Waals surface area contributed by atoms with Crippen molar-refractivity contribution in [1.82, 2.24) is 4.90 Å². The Morgan fingerprint density at radius 2 is 1.74 bits per heavy atom. The number of halogens is 3. The number of para-hydroxylation sites is 2. The molecule has 0 aromatic heterocycles. The number of amides is 1. The van der Waals surface area contributed by atoms with Crippen molar-refractivity contribution in [3.63, 3.8) is 0 Å². The summed E-state index contributed by atoms with van der Waals surface area (Å²) in [5.74, 6) is 0.621. The number of hydrogen-bond acceptors (Lipinski definition) is 3. The minimum Gasteiger partial charge on any atom is -0.495 e. The molecule has 27 heavy (non-hydrogen) atoms. The number of benzene rings is 2. The van der Waals surface area contributed by atoms with E-state index < -0.39 is 11.7 Å². The zero-order valence-electron chi connectivity index (χ0n) is 15.0. The molecule has 1 saturated heterocycles. The largest absolute Gasteiger partial charge is 0.495 e. The summed E-state index contributed by atoms with van der Waals surface area (Å²) in [6, 6.07) is 12.6.